The van der Waals surface area contributed by atoms with Crippen LogP contribution >= 0.6 is 15.9 Å². The van der Waals surface area contributed by atoms with Crippen molar-refractivity contribution in [3.8, 4) is 0 Å². The number of nitrogens with one attached hydrogen (secondary N) is 1. The molecule has 0 radical (unpaired) electrons. The van der Waals surface area contributed by atoms with Gasteiger partial charge < -0.3 is 5.32 Å². The lowest BCUT2D eigenvalue weighted by atomic mass is 10.1. The van der Waals surface area contributed by atoms with Crippen molar-refractivity contribution in [1.29, 1.82) is 0 Å². The highest BCUT2D eigenvalue weighted by Crippen LogP contribution is 2.23. The second-order valence-electron chi connectivity index (χ2n) is 2.81. The van der Waals surface area contributed by atoms with Gasteiger partial charge in [-0.05, 0) is 47.6 Å². The van der Waals surface area contributed by atoms with E-state index in [1.54, 1.807) is 7.05 Å². The van der Waals surface area contributed by atoms with Crippen molar-refractivity contribution in [3.63, 3.8) is 0 Å². The topological polar surface area (TPSA) is 12.0 Å². The molecule has 1 nitrogen and oxygen atoms in total. The standard InChI is InChI=1S/C9H10BrF2N/c1-5(13-2)6-3-7(11)9(10)8(12)4-6/h3-5,13H,1-2H3. The summed E-state index contributed by atoms with van der Waals surface area (Å²) in [6, 6.07) is 2.57. The summed E-state index contributed by atoms with van der Waals surface area (Å²) in [5.41, 5.74) is 0.598. The van der Waals surface area contributed by atoms with Crippen LogP contribution in [0, 0.1) is 11.6 Å². The Bertz CT molecular complexity index is 291. The summed E-state index contributed by atoms with van der Waals surface area (Å²) >= 11 is 2.81. The van der Waals surface area contributed by atoms with Gasteiger partial charge in [-0.25, -0.2) is 8.78 Å². The fraction of sp³-hybridized carbons (Fsp3) is 0.333. The molecule has 0 bridgehead atoms. The van der Waals surface area contributed by atoms with Crippen LogP contribution in [0.5, 0.6) is 0 Å². The molecule has 0 saturated heterocycles. The summed E-state index contributed by atoms with van der Waals surface area (Å²) in [6.07, 6.45) is 0. The summed E-state index contributed by atoms with van der Waals surface area (Å²) in [7, 11) is 1.74. The van der Waals surface area contributed by atoms with Gasteiger partial charge in [-0.1, -0.05) is 0 Å². The molecule has 0 aliphatic rings. The van der Waals surface area contributed by atoms with E-state index in [2.05, 4.69) is 21.2 Å². The SMILES string of the molecule is CNC(C)c1cc(F)c(Br)c(F)c1. The Hall–Kier alpha value is -0.480. The van der Waals surface area contributed by atoms with E-state index in [1.165, 1.54) is 12.1 Å². The third-order valence-electron chi connectivity index (χ3n) is 1.94. The van der Waals surface area contributed by atoms with Crippen LogP contribution in [-0.4, -0.2) is 7.05 Å². The van der Waals surface area contributed by atoms with Crippen molar-refractivity contribution in [2.45, 2.75) is 13.0 Å². The number of halogens is 3. The fourth-order valence-corrected chi connectivity index (χ4v) is 1.22. The molecule has 4 heteroatoms. The van der Waals surface area contributed by atoms with Gasteiger partial charge in [-0.2, -0.15) is 0 Å². The molecule has 1 atom stereocenters. The van der Waals surface area contributed by atoms with Crippen molar-refractivity contribution in [3.05, 3.63) is 33.8 Å². The van der Waals surface area contributed by atoms with E-state index in [0.717, 1.165) is 0 Å². The van der Waals surface area contributed by atoms with Crippen molar-refractivity contribution in [1.82, 2.24) is 5.32 Å². The molecule has 72 valence electrons. The van der Waals surface area contributed by atoms with E-state index < -0.39 is 11.6 Å². The zero-order valence-corrected chi connectivity index (χ0v) is 8.95. The van der Waals surface area contributed by atoms with Crippen molar-refractivity contribution in [2.75, 3.05) is 7.05 Å². The van der Waals surface area contributed by atoms with Gasteiger partial charge in [0.15, 0.2) is 0 Å². The van der Waals surface area contributed by atoms with Crippen molar-refractivity contribution < 1.29 is 8.78 Å². The normalized spacial score (nSPS) is 13.0. The van der Waals surface area contributed by atoms with E-state index in [9.17, 15) is 8.78 Å². The first-order valence-electron chi connectivity index (χ1n) is 3.88. The maximum atomic E-state index is 13.0. The van der Waals surface area contributed by atoms with Crippen molar-refractivity contribution in [2.24, 2.45) is 0 Å². The molecule has 0 spiro atoms. The Morgan fingerprint density at radius 3 is 2.15 bits per heavy atom. The Morgan fingerprint density at radius 2 is 1.77 bits per heavy atom. The van der Waals surface area contributed by atoms with Gasteiger partial charge >= 0.3 is 0 Å². The van der Waals surface area contributed by atoms with Gasteiger partial charge in [0.1, 0.15) is 11.6 Å². The maximum Gasteiger partial charge on any atom is 0.140 e. The third-order valence-corrected chi connectivity index (χ3v) is 2.70. The molecule has 1 rings (SSSR count). The van der Waals surface area contributed by atoms with Crippen LogP contribution in [0.15, 0.2) is 16.6 Å². The zero-order valence-electron chi connectivity index (χ0n) is 7.37. The minimum atomic E-state index is -0.572. The number of rotatable bonds is 2. The predicted molar refractivity (Wildman–Crippen MR) is 51.5 cm³/mol. The quantitative estimate of drug-likeness (QED) is 0.795. The molecular weight excluding hydrogens is 240 g/mol. The van der Waals surface area contributed by atoms with Crippen LogP contribution in [-0.2, 0) is 0 Å². The molecule has 0 aliphatic heterocycles. The molecule has 0 fully saturated rings. The first-order valence-corrected chi connectivity index (χ1v) is 4.67. The molecule has 0 saturated carbocycles. The molecule has 0 heterocycles. The van der Waals surface area contributed by atoms with Gasteiger partial charge in [0.25, 0.3) is 0 Å². The van der Waals surface area contributed by atoms with Gasteiger partial charge in [0, 0.05) is 6.04 Å². The lowest BCUT2D eigenvalue weighted by molar-refractivity contribution is 0.557. The first-order chi connectivity index (χ1) is 6.06. The highest BCUT2D eigenvalue weighted by Gasteiger charge is 2.11. The molecule has 1 N–H and O–H groups in total. The van der Waals surface area contributed by atoms with Crippen molar-refractivity contribution >= 4 is 15.9 Å². The first kappa shape index (κ1) is 10.6. The van der Waals surface area contributed by atoms with Gasteiger partial charge in [-0.3, -0.25) is 0 Å². The predicted octanol–water partition coefficient (Wildman–Crippen LogP) is 3.01. The fourth-order valence-electron chi connectivity index (χ4n) is 0.992. The Balaban J connectivity index is 3.13. The number of hydrogen-bond donors (Lipinski definition) is 1. The molecule has 1 aromatic carbocycles. The summed E-state index contributed by atoms with van der Waals surface area (Å²) < 4.78 is 25.9. The molecule has 0 aromatic heterocycles. The second-order valence-corrected chi connectivity index (χ2v) is 3.60. The average molecular weight is 250 g/mol. The van der Waals surface area contributed by atoms with Gasteiger partial charge in [0.2, 0.25) is 0 Å². The van der Waals surface area contributed by atoms with E-state index in [1.807, 2.05) is 6.92 Å². The molecule has 1 unspecified atom stereocenters. The van der Waals surface area contributed by atoms with Crippen LogP contribution in [0.25, 0.3) is 0 Å². The second kappa shape index (κ2) is 4.15. The van der Waals surface area contributed by atoms with E-state index in [0.29, 0.717) is 5.56 Å². The van der Waals surface area contributed by atoms with Crippen LogP contribution in [0.4, 0.5) is 8.78 Å². The van der Waals surface area contributed by atoms with E-state index in [4.69, 9.17) is 0 Å². The summed E-state index contributed by atoms with van der Waals surface area (Å²) in [4.78, 5) is 0. The maximum absolute atomic E-state index is 13.0. The van der Waals surface area contributed by atoms with Crippen LogP contribution in [0.2, 0.25) is 0 Å². The van der Waals surface area contributed by atoms with Gasteiger partial charge in [-0.15, -0.1) is 0 Å². The Labute approximate surface area is 84.3 Å². The average Bonchev–Trinajstić information content (AvgIpc) is 2.12. The minimum Gasteiger partial charge on any atom is -0.313 e. The Morgan fingerprint density at radius 1 is 1.31 bits per heavy atom. The van der Waals surface area contributed by atoms with Crippen LogP contribution < -0.4 is 5.32 Å². The molecular formula is C9H10BrF2N. The summed E-state index contributed by atoms with van der Waals surface area (Å²) in [6.45, 7) is 1.84. The number of hydrogen-bond acceptors (Lipinski definition) is 1. The monoisotopic (exact) mass is 249 g/mol. The molecule has 0 aliphatic carbocycles. The Kier molecular flexibility index (Phi) is 3.39. The van der Waals surface area contributed by atoms with E-state index >= 15 is 0 Å². The summed E-state index contributed by atoms with van der Waals surface area (Å²) in [5.74, 6) is -1.14. The minimum absolute atomic E-state index is 0.0582. The third kappa shape index (κ3) is 2.25. The lowest BCUT2D eigenvalue weighted by Gasteiger charge is -2.11. The highest BCUT2D eigenvalue weighted by atomic mass is 79.9. The summed E-state index contributed by atoms with van der Waals surface area (Å²) in [5, 5.41) is 2.91. The smallest absolute Gasteiger partial charge is 0.140 e. The molecule has 1 aromatic rings. The van der Waals surface area contributed by atoms with E-state index in [-0.39, 0.29) is 10.5 Å². The molecule has 13 heavy (non-hydrogen) atoms. The molecule has 0 amide bonds. The largest absolute Gasteiger partial charge is 0.313 e. The van der Waals surface area contributed by atoms with Crippen LogP contribution in [0.3, 0.4) is 0 Å². The zero-order chi connectivity index (χ0) is 10.0. The number of benzene rings is 1. The van der Waals surface area contributed by atoms with Gasteiger partial charge in [0.05, 0.1) is 4.47 Å². The van der Waals surface area contributed by atoms with Crippen LogP contribution in [0.1, 0.15) is 18.5 Å². The highest BCUT2D eigenvalue weighted by molar-refractivity contribution is 9.10. The lowest BCUT2D eigenvalue weighted by Crippen LogP contribution is -2.12.